The van der Waals surface area contributed by atoms with Gasteiger partial charge in [-0.3, -0.25) is 0 Å². The van der Waals surface area contributed by atoms with Crippen LogP contribution in [0.3, 0.4) is 0 Å². The number of urea groups is 1. The highest BCUT2D eigenvalue weighted by molar-refractivity contribution is 5.75. The summed E-state index contributed by atoms with van der Waals surface area (Å²) >= 11 is 0. The Balaban J connectivity index is 1.67. The number of nitrogens with one attached hydrogen (secondary N) is 1. The first-order valence-electron chi connectivity index (χ1n) is 8.15. The smallest absolute Gasteiger partial charge is 0.382 e. The van der Waals surface area contributed by atoms with E-state index in [0.29, 0.717) is 5.92 Å². The minimum atomic E-state index is -4.73. The Labute approximate surface area is 138 Å². The van der Waals surface area contributed by atoms with Gasteiger partial charge in [0.15, 0.2) is 6.10 Å². The number of hydrogen-bond acceptors (Lipinski definition) is 2. The fourth-order valence-electron chi connectivity index (χ4n) is 3.82. The Morgan fingerprint density at radius 3 is 2.92 bits per heavy atom. The van der Waals surface area contributed by atoms with E-state index < -0.39 is 24.9 Å². The van der Waals surface area contributed by atoms with Crippen LogP contribution in [0, 0.1) is 0 Å². The zero-order valence-electron chi connectivity index (χ0n) is 13.4. The van der Waals surface area contributed by atoms with Gasteiger partial charge in [-0.1, -0.05) is 18.2 Å². The first kappa shape index (κ1) is 17.1. The van der Waals surface area contributed by atoms with Gasteiger partial charge in [0.05, 0.1) is 12.6 Å². The van der Waals surface area contributed by atoms with Gasteiger partial charge < -0.3 is 15.3 Å². The van der Waals surface area contributed by atoms with Crippen LogP contribution < -0.4 is 5.32 Å². The number of aliphatic hydroxyl groups excluding tert-OH is 1. The zero-order valence-corrected chi connectivity index (χ0v) is 13.4. The standard InChI is InChI=1S/C17H21F3N2O2/c1-22(9-14(23)17(18,19)20)16(24)21-13-8-11-6-2-4-10-5-3-7-12(13)15(10)11/h3,5,7,11,13-14,23H,2,4,6,8-9H2,1H3,(H,21,24)/t11-,13+,14+/m1/s1. The van der Waals surface area contributed by atoms with Crippen LogP contribution in [0.4, 0.5) is 18.0 Å². The number of aryl methyl sites for hydroxylation is 1. The number of alkyl halides is 3. The normalized spacial score (nSPS) is 23.5. The maximum absolute atomic E-state index is 12.4. The number of amides is 2. The Morgan fingerprint density at radius 2 is 2.21 bits per heavy atom. The molecule has 3 atom stereocenters. The summed E-state index contributed by atoms with van der Waals surface area (Å²) in [4.78, 5) is 13.1. The third-order valence-electron chi connectivity index (χ3n) is 5.00. The molecule has 0 heterocycles. The molecule has 3 rings (SSSR count). The molecule has 0 saturated heterocycles. The molecule has 2 aliphatic carbocycles. The van der Waals surface area contributed by atoms with Gasteiger partial charge in [0, 0.05) is 7.05 Å². The molecular formula is C17H21F3N2O2. The number of likely N-dealkylation sites (N-methyl/N-ethyl adjacent to an activating group) is 1. The van der Waals surface area contributed by atoms with Gasteiger partial charge in [0.2, 0.25) is 0 Å². The highest BCUT2D eigenvalue weighted by Gasteiger charge is 2.40. The topological polar surface area (TPSA) is 52.6 Å². The average molecular weight is 342 g/mol. The molecule has 2 aliphatic rings. The highest BCUT2D eigenvalue weighted by Crippen LogP contribution is 2.47. The maximum Gasteiger partial charge on any atom is 0.416 e. The van der Waals surface area contributed by atoms with Crippen molar-refractivity contribution >= 4 is 6.03 Å². The van der Waals surface area contributed by atoms with Crippen molar-refractivity contribution in [1.29, 1.82) is 0 Å². The molecule has 24 heavy (non-hydrogen) atoms. The minimum Gasteiger partial charge on any atom is -0.382 e. The van der Waals surface area contributed by atoms with E-state index in [1.54, 1.807) is 0 Å². The second kappa shape index (κ2) is 6.27. The molecule has 0 bridgehead atoms. The Bertz CT molecular complexity index is 633. The molecule has 4 nitrogen and oxygen atoms in total. The second-order valence-corrected chi connectivity index (χ2v) is 6.68. The van der Waals surface area contributed by atoms with Crippen molar-refractivity contribution in [2.75, 3.05) is 13.6 Å². The fourth-order valence-corrected chi connectivity index (χ4v) is 3.82. The second-order valence-electron chi connectivity index (χ2n) is 6.68. The number of aliphatic hydroxyl groups is 1. The van der Waals surface area contributed by atoms with E-state index >= 15 is 0 Å². The first-order valence-corrected chi connectivity index (χ1v) is 8.15. The SMILES string of the molecule is CN(C[C@H](O)C(F)(F)F)C(=O)N[C@H]1C[C@H]2CCCc3cccc1c32. The van der Waals surface area contributed by atoms with Gasteiger partial charge in [0.25, 0.3) is 0 Å². The molecule has 0 fully saturated rings. The van der Waals surface area contributed by atoms with Crippen LogP contribution in [0.25, 0.3) is 0 Å². The summed E-state index contributed by atoms with van der Waals surface area (Å²) in [7, 11) is 1.26. The summed E-state index contributed by atoms with van der Waals surface area (Å²) < 4.78 is 37.2. The quantitative estimate of drug-likeness (QED) is 0.887. The van der Waals surface area contributed by atoms with Crippen LogP contribution in [-0.2, 0) is 6.42 Å². The number of hydrogen-bond donors (Lipinski definition) is 2. The lowest BCUT2D eigenvalue weighted by Gasteiger charge is -2.25. The molecule has 0 aliphatic heterocycles. The summed E-state index contributed by atoms with van der Waals surface area (Å²) in [5, 5.41) is 11.9. The lowest BCUT2D eigenvalue weighted by molar-refractivity contribution is -0.205. The van der Waals surface area contributed by atoms with Gasteiger partial charge >= 0.3 is 12.2 Å². The van der Waals surface area contributed by atoms with Gasteiger partial charge in [-0.25, -0.2) is 4.79 Å². The van der Waals surface area contributed by atoms with Crippen LogP contribution in [0.15, 0.2) is 18.2 Å². The Hall–Kier alpha value is -1.76. The number of carbonyl (C=O) groups is 1. The molecule has 0 radical (unpaired) electrons. The van der Waals surface area contributed by atoms with Crippen LogP contribution in [0.5, 0.6) is 0 Å². The predicted molar refractivity (Wildman–Crippen MR) is 82.7 cm³/mol. The fraction of sp³-hybridized carbons (Fsp3) is 0.588. The Morgan fingerprint density at radius 1 is 1.46 bits per heavy atom. The molecule has 0 spiro atoms. The van der Waals surface area contributed by atoms with Crippen molar-refractivity contribution in [2.45, 2.75) is 49.9 Å². The zero-order chi connectivity index (χ0) is 17.5. The number of benzene rings is 1. The molecule has 0 unspecified atom stereocenters. The van der Waals surface area contributed by atoms with Crippen LogP contribution in [0.2, 0.25) is 0 Å². The van der Waals surface area contributed by atoms with Crippen molar-refractivity contribution < 1.29 is 23.1 Å². The molecule has 2 amide bonds. The average Bonchev–Trinajstić information content (AvgIpc) is 2.86. The largest absolute Gasteiger partial charge is 0.416 e. The van der Waals surface area contributed by atoms with Gasteiger partial charge in [-0.05, 0) is 48.3 Å². The number of rotatable bonds is 3. The Kier molecular flexibility index (Phi) is 4.46. The van der Waals surface area contributed by atoms with E-state index in [4.69, 9.17) is 5.11 Å². The van der Waals surface area contributed by atoms with E-state index in [0.717, 1.165) is 36.1 Å². The first-order chi connectivity index (χ1) is 11.3. The van der Waals surface area contributed by atoms with Crippen molar-refractivity contribution in [2.24, 2.45) is 0 Å². The van der Waals surface area contributed by atoms with Crippen molar-refractivity contribution in [3.05, 3.63) is 34.9 Å². The van der Waals surface area contributed by atoms with E-state index in [-0.39, 0.29) is 6.04 Å². The summed E-state index contributed by atoms with van der Waals surface area (Å²) in [5.74, 6) is 0.418. The third kappa shape index (κ3) is 3.22. The molecule has 1 aromatic carbocycles. The molecule has 0 aromatic heterocycles. The molecule has 1 aromatic rings. The molecule has 2 N–H and O–H groups in total. The number of carbonyl (C=O) groups excluding carboxylic acids is 1. The number of halogens is 3. The van der Waals surface area contributed by atoms with E-state index in [2.05, 4.69) is 11.4 Å². The predicted octanol–water partition coefficient (Wildman–Crippen LogP) is 3.12. The van der Waals surface area contributed by atoms with Gasteiger partial charge in [0.1, 0.15) is 0 Å². The summed E-state index contributed by atoms with van der Waals surface area (Å²) in [6.07, 6.45) is -3.23. The third-order valence-corrected chi connectivity index (χ3v) is 5.00. The number of nitrogens with zero attached hydrogens (tertiary/aromatic N) is 1. The minimum absolute atomic E-state index is 0.180. The molecule has 0 saturated carbocycles. The summed E-state index contributed by atoms with van der Waals surface area (Å²) in [6.45, 7) is -0.779. The van der Waals surface area contributed by atoms with Crippen molar-refractivity contribution in [3.63, 3.8) is 0 Å². The highest BCUT2D eigenvalue weighted by atomic mass is 19.4. The van der Waals surface area contributed by atoms with E-state index in [1.807, 2.05) is 12.1 Å². The molecular weight excluding hydrogens is 321 g/mol. The van der Waals surface area contributed by atoms with Crippen LogP contribution in [-0.4, -0.2) is 41.9 Å². The lowest BCUT2D eigenvalue weighted by atomic mass is 9.84. The summed E-state index contributed by atoms with van der Waals surface area (Å²) in [6, 6.07) is 5.29. The van der Waals surface area contributed by atoms with Gasteiger partial charge in [-0.15, -0.1) is 0 Å². The van der Waals surface area contributed by atoms with E-state index in [1.165, 1.54) is 18.2 Å². The monoisotopic (exact) mass is 342 g/mol. The molecule has 7 heteroatoms. The lowest BCUT2D eigenvalue weighted by Crippen LogP contribution is -2.46. The molecule has 132 valence electrons. The van der Waals surface area contributed by atoms with Crippen LogP contribution >= 0.6 is 0 Å². The maximum atomic E-state index is 12.4. The van der Waals surface area contributed by atoms with Crippen LogP contribution in [0.1, 0.15) is 47.9 Å². The van der Waals surface area contributed by atoms with Crippen molar-refractivity contribution in [3.8, 4) is 0 Å². The summed E-state index contributed by atoms with van der Waals surface area (Å²) in [5.41, 5.74) is 3.71. The van der Waals surface area contributed by atoms with Crippen molar-refractivity contribution in [1.82, 2.24) is 10.2 Å². The van der Waals surface area contributed by atoms with Gasteiger partial charge in [-0.2, -0.15) is 13.2 Å². The van der Waals surface area contributed by atoms with E-state index in [9.17, 15) is 18.0 Å².